The molecule has 128 valence electrons. The van der Waals surface area contributed by atoms with Crippen LogP contribution >= 0.6 is 0 Å². The van der Waals surface area contributed by atoms with E-state index < -0.39 is 23.5 Å². The van der Waals surface area contributed by atoms with Crippen molar-refractivity contribution in [2.24, 2.45) is 5.92 Å². The van der Waals surface area contributed by atoms with Crippen LogP contribution in [-0.4, -0.2) is 5.91 Å². The van der Waals surface area contributed by atoms with Gasteiger partial charge in [-0.05, 0) is 36.6 Å². The molecule has 23 heavy (non-hydrogen) atoms. The average molecular weight is 339 g/mol. The van der Waals surface area contributed by atoms with Crippen molar-refractivity contribution in [2.45, 2.75) is 44.6 Å². The molecule has 0 bridgehead atoms. The first-order valence-electron chi connectivity index (χ1n) is 7.13. The molecular formula is C15H15F6NO. The number of carbonyl (C=O) groups is 1. The molecule has 1 fully saturated rings. The van der Waals surface area contributed by atoms with Crippen LogP contribution in [-0.2, 0) is 23.7 Å². The van der Waals surface area contributed by atoms with Gasteiger partial charge in [-0.15, -0.1) is 0 Å². The first-order valence-corrected chi connectivity index (χ1v) is 7.13. The summed E-state index contributed by atoms with van der Waals surface area (Å²) in [7, 11) is 0. The van der Waals surface area contributed by atoms with Crippen LogP contribution in [0.15, 0.2) is 18.2 Å². The second-order valence-corrected chi connectivity index (χ2v) is 5.61. The summed E-state index contributed by atoms with van der Waals surface area (Å²) in [6.45, 7) is -0.359. The molecule has 0 spiro atoms. The Kier molecular flexibility index (Phi) is 4.91. The van der Waals surface area contributed by atoms with Gasteiger partial charge in [0.1, 0.15) is 0 Å². The molecule has 1 aliphatic carbocycles. The van der Waals surface area contributed by atoms with E-state index in [1.807, 2.05) is 0 Å². The fraction of sp³-hybridized carbons (Fsp3) is 0.533. The van der Waals surface area contributed by atoms with Crippen molar-refractivity contribution in [2.75, 3.05) is 0 Å². The Balaban J connectivity index is 2.18. The number of alkyl halides is 6. The van der Waals surface area contributed by atoms with Gasteiger partial charge in [-0.2, -0.15) is 26.3 Å². The molecule has 1 aromatic rings. The van der Waals surface area contributed by atoms with Gasteiger partial charge in [-0.1, -0.05) is 12.8 Å². The standard InChI is InChI=1S/C15H15F6NO/c16-14(17,18)11-5-9(6-12(7-11)15(19,20)21)8-22-13(23)10-3-1-2-4-10/h5-7,10H,1-4,8H2,(H,22,23). The van der Waals surface area contributed by atoms with Crippen molar-refractivity contribution in [3.63, 3.8) is 0 Å². The van der Waals surface area contributed by atoms with E-state index >= 15 is 0 Å². The van der Waals surface area contributed by atoms with Crippen molar-refractivity contribution in [1.29, 1.82) is 0 Å². The maximum absolute atomic E-state index is 12.7. The minimum absolute atomic E-state index is 0.0717. The SMILES string of the molecule is O=C(NCc1cc(C(F)(F)F)cc(C(F)(F)F)c1)C1CCCC1. The molecule has 2 nitrogen and oxygen atoms in total. The molecule has 1 aliphatic rings. The Morgan fingerprint density at radius 3 is 1.87 bits per heavy atom. The zero-order chi connectivity index (χ0) is 17.3. The van der Waals surface area contributed by atoms with E-state index in [-0.39, 0.29) is 30.0 Å². The zero-order valence-electron chi connectivity index (χ0n) is 12.0. The van der Waals surface area contributed by atoms with Crippen molar-refractivity contribution in [3.8, 4) is 0 Å². The van der Waals surface area contributed by atoms with Gasteiger partial charge in [0.25, 0.3) is 0 Å². The highest BCUT2D eigenvalue weighted by Crippen LogP contribution is 2.36. The smallest absolute Gasteiger partial charge is 0.352 e. The third-order valence-electron chi connectivity index (χ3n) is 3.84. The number of nitrogens with one attached hydrogen (secondary N) is 1. The molecule has 0 unspecified atom stereocenters. The highest BCUT2D eigenvalue weighted by atomic mass is 19.4. The largest absolute Gasteiger partial charge is 0.416 e. The topological polar surface area (TPSA) is 29.1 Å². The lowest BCUT2D eigenvalue weighted by Gasteiger charge is -2.15. The molecule has 1 saturated carbocycles. The van der Waals surface area contributed by atoms with Crippen LogP contribution in [0.3, 0.4) is 0 Å². The van der Waals surface area contributed by atoms with E-state index in [2.05, 4.69) is 5.32 Å². The quantitative estimate of drug-likeness (QED) is 0.806. The highest BCUT2D eigenvalue weighted by molar-refractivity contribution is 5.78. The van der Waals surface area contributed by atoms with Crippen LogP contribution in [0.1, 0.15) is 42.4 Å². The maximum atomic E-state index is 12.7. The second-order valence-electron chi connectivity index (χ2n) is 5.61. The van der Waals surface area contributed by atoms with Crippen molar-refractivity contribution in [1.82, 2.24) is 5.32 Å². The summed E-state index contributed by atoms with van der Waals surface area (Å²) in [6, 6.07) is 1.33. The van der Waals surface area contributed by atoms with Crippen LogP contribution < -0.4 is 5.32 Å². The van der Waals surface area contributed by atoms with Gasteiger partial charge in [0.2, 0.25) is 5.91 Å². The number of hydrogen-bond donors (Lipinski definition) is 1. The molecule has 1 amide bonds. The van der Waals surface area contributed by atoms with Crippen LogP contribution in [0.4, 0.5) is 26.3 Å². The number of halogens is 6. The summed E-state index contributed by atoms with van der Waals surface area (Å²) < 4.78 is 76.4. The lowest BCUT2D eigenvalue weighted by atomic mass is 10.0. The third-order valence-corrected chi connectivity index (χ3v) is 3.84. The molecule has 0 saturated heterocycles. The average Bonchev–Trinajstić information content (AvgIpc) is 2.96. The monoisotopic (exact) mass is 339 g/mol. The van der Waals surface area contributed by atoms with E-state index in [4.69, 9.17) is 0 Å². The molecule has 1 aromatic carbocycles. The Bertz CT molecular complexity index is 540. The summed E-state index contributed by atoms with van der Waals surface area (Å²) in [5.41, 5.74) is -2.98. The highest BCUT2D eigenvalue weighted by Gasteiger charge is 2.36. The normalized spacial score (nSPS) is 16.6. The predicted molar refractivity (Wildman–Crippen MR) is 70.3 cm³/mol. The van der Waals surface area contributed by atoms with Gasteiger partial charge in [0, 0.05) is 12.5 Å². The van der Waals surface area contributed by atoms with Gasteiger partial charge in [-0.3, -0.25) is 4.79 Å². The number of rotatable bonds is 3. The van der Waals surface area contributed by atoms with Crippen molar-refractivity contribution >= 4 is 5.91 Å². The molecule has 0 atom stereocenters. The third kappa shape index (κ3) is 4.62. The zero-order valence-corrected chi connectivity index (χ0v) is 12.0. The number of hydrogen-bond acceptors (Lipinski definition) is 1. The van der Waals surface area contributed by atoms with E-state index in [0.29, 0.717) is 25.0 Å². The Labute approximate surface area is 128 Å². The Hall–Kier alpha value is -1.73. The van der Waals surface area contributed by atoms with Crippen molar-refractivity contribution in [3.05, 3.63) is 34.9 Å². The molecular weight excluding hydrogens is 324 g/mol. The first-order chi connectivity index (χ1) is 10.6. The number of benzene rings is 1. The molecule has 1 N–H and O–H groups in total. The minimum Gasteiger partial charge on any atom is -0.352 e. The lowest BCUT2D eigenvalue weighted by molar-refractivity contribution is -0.143. The van der Waals surface area contributed by atoms with E-state index in [1.54, 1.807) is 0 Å². The number of carbonyl (C=O) groups excluding carboxylic acids is 1. The first kappa shape index (κ1) is 17.6. The fourth-order valence-electron chi connectivity index (χ4n) is 2.64. The van der Waals surface area contributed by atoms with Gasteiger partial charge in [0.05, 0.1) is 11.1 Å². The van der Waals surface area contributed by atoms with Gasteiger partial charge >= 0.3 is 12.4 Å². The summed E-state index contributed by atoms with van der Waals surface area (Å²) in [5.74, 6) is -0.531. The molecule has 8 heteroatoms. The van der Waals surface area contributed by atoms with Crippen LogP contribution in [0, 0.1) is 5.92 Å². The number of amides is 1. The van der Waals surface area contributed by atoms with Crippen LogP contribution in [0.25, 0.3) is 0 Å². The molecule has 2 rings (SSSR count). The molecule has 0 aliphatic heterocycles. The van der Waals surface area contributed by atoms with E-state index in [0.717, 1.165) is 12.8 Å². The summed E-state index contributed by atoms with van der Waals surface area (Å²) in [4.78, 5) is 11.8. The predicted octanol–water partition coefficient (Wildman–Crippen LogP) is 4.53. The van der Waals surface area contributed by atoms with Gasteiger partial charge in [-0.25, -0.2) is 0 Å². The van der Waals surface area contributed by atoms with Gasteiger partial charge in [0.15, 0.2) is 0 Å². The summed E-state index contributed by atoms with van der Waals surface area (Å²) in [6.07, 6.45) is -6.57. The molecule has 0 heterocycles. The Morgan fingerprint density at radius 1 is 0.957 bits per heavy atom. The van der Waals surface area contributed by atoms with Crippen LogP contribution in [0.5, 0.6) is 0 Å². The van der Waals surface area contributed by atoms with E-state index in [9.17, 15) is 31.1 Å². The van der Waals surface area contributed by atoms with Crippen LogP contribution in [0.2, 0.25) is 0 Å². The second kappa shape index (κ2) is 6.41. The van der Waals surface area contributed by atoms with Gasteiger partial charge < -0.3 is 5.32 Å². The molecule has 0 radical (unpaired) electrons. The summed E-state index contributed by atoms with van der Waals surface area (Å²) >= 11 is 0. The Morgan fingerprint density at radius 2 is 1.43 bits per heavy atom. The van der Waals surface area contributed by atoms with Crippen molar-refractivity contribution < 1.29 is 31.1 Å². The fourth-order valence-corrected chi connectivity index (χ4v) is 2.64. The summed E-state index contributed by atoms with van der Waals surface area (Å²) in [5, 5.41) is 2.42. The minimum atomic E-state index is -4.88. The lowest BCUT2D eigenvalue weighted by Crippen LogP contribution is -2.29. The van der Waals surface area contributed by atoms with E-state index in [1.165, 1.54) is 0 Å². The molecule has 0 aromatic heterocycles. The maximum Gasteiger partial charge on any atom is 0.416 e.